The number of hydroxylamine groups is 1. The smallest absolute Gasteiger partial charge is 0.196 e. The van der Waals surface area contributed by atoms with Gasteiger partial charge in [-0.05, 0) is 22.8 Å². The monoisotopic (exact) mass is 524 g/mol. The SMILES string of the molecule is BrC(Br)(Br)C1=CNN(/C=C/c2ccc(/C=C/c3ccccc3)cc2)O1. The summed E-state index contributed by atoms with van der Waals surface area (Å²) in [6.45, 7) is 0. The van der Waals surface area contributed by atoms with Crippen molar-refractivity contribution in [3.8, 4) is 0 Å². The van der Waals surface area contributed by atoms with Gasteiger partial charge in [0, 0.05) is 0 Å². The lowest BCUT2D eigenvalue weighted by atomic mass is 10.1. The topological polar surface area (TPSA) is 24.5 Å². The van der Waals surface area contributed by atoms with Crippen LogP contribution in [0.5, 0.6) is 0 Å². The van der Waals surface area contributed by atoms with Gasteiger partial charge in [-0.2, -0.15) is 0 Å². The highest BCUT2D eigenvalue weighted by molar-refractivity contribution is 9.39. The van der Waals surface area contributed by atoms with E-state index in [2.05, 4.69) is 102 Å². The summed E-state index contributed by atoms with van der Waals surface area (Å²) < 4.78 is -0.574. The number of benzene rings is 2. The molecule has 6 heteroatoms. The molecule has 25 heavy (non-hydrogen) atoms. The van der Waals surface area contributed by atoms with E-state index in [-0.39, 0.29) is 0 Å². The van der Waals surface area contributed by atoms with Crippen LogP contribution in [0.4, 0.5) is 0 Å². The number of nitrogens with one attached hydrogen (secondary N) is 1. The highest BCUT2D eigenvalue weighted by atomic mass is 80.0. The van der Waals surface area contributed by atoms with Crippen LogP contribution in [0, 0.1) is 0 Å². The van der Waals surface area contributed by atoms with Crippen LogP contribution >= 0.6 is 47.8 Å². The molecule has 0 unspecified atom stereocenters. The zero-order chi connectivity index (χ0) is 17.7. The van der Waals surface area contributed by atoms with E-state index in [1.165, 1.54) is 10.7 Å². The molecule has 0 aliphatic carbocycles. The average molecular weight is 527 g/mol. The fourth-order valence-corrected chi connectivity index (χ4v) is 2.68. The van der Waals surface area contributed by atoms with Crippen molar-refractivity contribution >= 4 is 66.0 Å². The molecule has 0 spiro atoms. The van der Waals surface area contributed by atoms with Gasteiger partial charge in [-0.25, -0.2) is 0 Å². The molecule has 1 aliphatic rings. The minimum atomic E-state index is -0.574. The van der Waals surface area contributed by atoms with Crippen molar-refractivity contribution in [2.75, 3.05) is 0 Å². The minimum Gasteiger partial charge on any atom is -0.359 e. The maximum atomic E-state index is 5.60. The van der Waals surface area contributed by atoms with Crippen molar-refractivity contribution in [3.63, 3.8) is 0 Å². The van der Waals surface area contributed by atoms with Crippen LogP contribution in [0.15, 0.2) is 72.8 Å². The molecule has 0 aromatic heterocycles. The highest BCUT2D eigenvalue weighted by Crippen LogP contribution is 2.42. The number of allylic oxidation sites excluding steroid dienone is 1. The normalized spacial score (nSPS) is 14.7. The predicted molar refractivity (Wildman–Crippen MR) is 115 cm³/mol. The number of nitrogens with zero attached hydrogens (tertiary/aromatic N) is 1. The van der Waals surface area contributed by atoms with Gasteiger partial charge >= 0.3 is 0 Å². The minimum absolute atomic E-state index is 0.574. The number of halogens is 3. The van der Waals surface area contributed by atoms with Gasteiger partial charge in [0.25, 0.3) is 0 Å². The second-order valence-corrected chi connectivity index (χ2v) is 12.0. The zero-order valence-electron chi connectivity index (χ0n) is 13.1. The van der Waals surface area contributed by atoms with Crippen LogP contribution in [0.25, 0.3) is 18.2 Å². The fraction of sp³-hybridized carbons (Fsp3) is 0.0526. The van der Waals surface area contributed by atoms with E-state index in [4.69, 9.17) is 4.84 Å². The molecular weight excluding hydrogens is 512 g/mol. The van der Waals surface area contributed by atoms with Gasteiger partial charge in [-0.15, -0.1) is 5.17 Å². The molecule has 0 saturated heterocycles. The van der Waals surface area contributed by atoms with Crippen LogP contribution in [0.2, 0.25) is 0 Å². The molecule has 3 rings (SSSR count). The number of rotatable bonds is 4. The molecule has 0 atom stereocenters. The van der Waals surface area contributed by atoms with E-state index in [1.54, 1.807) is 6.20 Å². The lowest BCUT2D eigenvalue weighted by Gasteiger charge is -2.16. The Morgan fingerprint density at radius 1 is 0.800 bits per heavy atom. The Kier molecular flexibility index (Phi) is 6.04. The summed E-state index contributed by atoms with van der Waals surface area (Å²) in [5.41, 5.74) is 6.42. The van der Waals surface area contributed by atoms with E-state index in [0.717, 1.165) is 11.1 Å². The van der Waals surface area contributed by atoms with Crippen molar-refractivity contribution in [2.24, 2.45) is 0 Å². The van der Waals surface area contributed by atoms with Crippen molar-refractivity contribution in [2.45, 2.75) is 2.14 Å². The van der Waals surface area contributed by atoms with E-state index < -0.39 is 2.14 Å². The first-order valence-electron chi connectivity index (χ1n) is 7.53. The first kappa shape index (κ1) is 18.3. The third-order valence-electron chi connectivity index (χ3n) is 3.41. The Bertz CT molecular complexity index is 794. The lowest BCUT2D eigenvalue weighted by Crippen LogP contribution is -2.22. The molecule has 0 amide bonds. The second kappa shape index (κ2) is 8.25. The third-order valence-corrected chi connectivity index (χ3v) is 4.58. The Balaban J connectivity index is 1.57. The molecule has 2 aromatic carbocycles. The first-order valence-corrected chi connectivity index (χ1v) is 9.91. The summed E-state index contributed by atoms with van der Waals surface area (Å²) in [6, 6.07) is 18.6. The van der Waals surface area contributed by atoms with Crippen LogP contribution in [-0.2, 0) is 4.84 Å². The van der Waals surface area contributed by atoms with E-state index >= 15 is 0 Å². The maximum Gasteiger partial charge on any atom is 0.196 e. The molecular formula is C19H15Br3N2O. The van der Waals surface area contributed by atoms with Gasteiger partial charge in [0.2, 0.25) is 0 Å². The maximum absolute atomic E-state index is 5.60. The molecule has 128 valence electrons. The predicted octanol–water partition coefficient (Wildman–Crippen LogP) is 6.26. The number of hydrogen-bond acceptors (Lipinski definition) is 3. The summed E-state index contributed by atoms with van der Waals surface area (Å²) in [7, 11) is 0. The van der Waals surface area contributed by atoms with Crippen LogP contribution < -0.4 is 5.43 Å². The molecule has 2 aromatic rings. The first-order chi connectivity index (χ1) is 12.0. The molecule has 3 nitrogen and oxygen atoms in total. The van der Waals surface area contributed by atoms with Crippen molar-refractivity contribution in [1.29, 1.82) is 0 Å². The van der Waals surface area contributed by atoms with Gasteiger partial charge in [-0.1, -0.05) is 115 Å². The average Bonchev–Trinajstić information content (AvgIpc) is 3.09. The van der Waals surface area contributed by atoms with E-state index in [0.29, 0.717) is 5.76 Å². The summed E-state index contributed by atoms with van der Waals surface area (Å²) in [6.07, 6.45) is 9.74. The standard InChI is InChI=1S/C19H15Br3N2O/c20-19(21,22)18-14-23-24(25-18)13-12-17-10-8-16(9-11-17)7-6-15-4-2-1-3-5-15/h1-14,23H/b7-6+,13-12+. The van der Waals surface area contributed by atoms with Gasteiger partial charge < -0.3 is 4.84 Å². The molecule has 1 heterocycles. The highest BCUT2D eigenvalue weighted by Gasteiger charge is 2.31. The van der Waals surface area contributed by atoms with Gasteiger partial charge in [0.15, 0.2) is 7.90 Å². The van der Waals surface area contributed by atoms with Gasteiger partial charge in [0.05, 0.1) is 12.4 Å². The Hall–Kier alpha value is -1.50. The molecule has 0 bridgehead atoms. The van der Waals surface area contributed by atoms with E-state index in [1.807, 2.05) is 30.5 Å². The van der Waals surface area contributed by atoms with Crippen molar-refractivity contribution in [1.82, 2.24) is 10.6 Å². The molecule has 0 saturated carbocycles. The third kappa shape index (κ3) is 5.49. The van der Waals surface area contributed by atoms with E-state index in [9.17, 15) is 0 Å². The van der Waals surface area contributed by atoms with Crippen molar-refractivity contribution in [3.05, 3.63) is 89.4 Å². The second-order valence-electron chi connectivity index (χ2n) is 5.28. The molecule has 0 fully saturated rings. The number of alkyl halides is 3. The van der Waals surface area contributed by atoms with Crippen molar-refractivity contribution < 1.29 is 4.84 Å². The number of hydrazine groups is 1. The molecule has 1 N–H and O–H groups in total. The lowest BCUT2D eigenvalue weighted by molar-refractivity contribution is -0.0788. The van der Waals surface area contributed by atoms with Gasteiger partial charge in [0.1, 0.15) is 0 Å². The summed E-state index contributed by atoms with van der Waals surface area (Å²) in [5, 5.41) is 1.52. The zero-order valence-corrected chi connectivity index (χ0v) is 17.8. The molecule has 1 aliphatic heterocycles. The fourth-order valence-electron chi connectivity index (χ4n) is 2.12. The summed E-state index contributed by atoms with van der Waals surface area (Å²) in [4.78, 5) is 5.60. The summed E-state index contributed by atoms with van der Waals surface area (Å²) >= 11 is 10.2. The largest absolute Gasteiger partial charge is 0.359 e. The quantitative estimate of drug-likeness (QED) is 0.376. The van der Waals surface area contributed by atoms with Crippen LogP contribution in [0.1, 0.15) is 16.7 Å². The van der Waals surface area contributed by atoms with Crippen LogP contribution in [-0.4, -0.2) is 7.32 Å². The summed E-state index contributed by atoms with van der Waals surface area (Å²) in [5.74, 6) is 0.665. The Morgan fingerprint density at radius 2 is 1.36 bits per heavy atom. The van der Waals surface area contributed by atoms with Gasteiger partial charge in [-0.3, -0.25) is 5.43 Å². The van der Waals surface area contributed by atoms with Crippen LogP contribution in [0.3, 0.4) is 0 Å². The Morgan fingerprint density at radius 3 is 1.92 bits per heavy atom. The number of hydrogen-bond donors (Lipinski definition) is 1. The Labute approximate surface area is 172 Å². The molecule has 0 radical (unpaired) electrons.